The molecule has 3 nitrogen and oxygen atoms in total. The van der Waals surface area contributed by atoms with Gasteiger partial charge in [-0.1, -0.05) is 30.3 Å². The van der Waals surface area contributed by atoms with E-state index in [2.05, 4.69) is 41.8 Å². The van der Waals surface area contributed by atoms with Gasteiger partial charge >= 0.3 is 0 Å². The molecule has 0 fully saturated rings. The normalized spacial score (nSPS) is 11.0. The molecule has 0 aliphatic heterocycles. The molecule has 2 N–H and O–H groups in total. The van der Waals surface area contributed by atoms with Gasteiger partial charge in [0.05, 0.1) is 6.54 Å². The van der Waals surface area contributed by atoms with Gasteiger partial charge in [-0.15, -0.1) is 0 Å². The summed E-state index contributed by atoms with van der Waals surface area (Å²) in [7, 11) is 0. The van der Waals surface area contributed by atoms with Gasteiger partial charge < -0.3 is 15.0 Å². The van der Waals surface area contributed by atoms with Crippen molar-refractivity contribution in [2.75, 3.05) is 6.61 Å². The van der Waals surface area contributed by atoms with Crippen molar-refractivity contribution in [3.63, 3.8) is 0 Å². The number of nitrogens with zero attached hydrogens (tertiary/aromatic N) is 1. The number of fused-ring (bicyclic) bond motifs is 1. The highest BCUT2D eigenvalue weighted by molar-refractivity contribution is 5.81. The van der Waals surface area contributed by atoms with Crippen LogP contribution in [0.2, 0.25) is 0 Å². The van der Waals surface area contributed by atoms with Gasteiger partial charge in [0.15, 0.2) is 0 Å². The number of para-hydroxylation sites is 1. The molecule has 3 rings (SSSR count). The molecule has 1 heterocycles. The number of hydrogen-bond acceptors (Lipinski definition) is 2. The van der Waals surface area contributed by atoms with Gasteiger partial charge in [-0.2, -0.15) is 0 Å². The fraction of sp³-hybridized carbons (Fsp3) is 0.222. The Hall–Kier alpha value is -2.26. The van der Waals surface area contributed by atoms with Crippen molar-refractivity contribution in [3.8, 4) is 5.75 Å². The van der Waals surface area contributed by atoms with E-state index >= 15 is 0 Å². The van der Waals surface area contributed by atoms with Gasteiger partial charge in [0, 0.05) is 17.8 Å². The quantitative estimate of drug-likeness (QED) is 0.777. The minimum Gasteiger partial charge on any atom is -0.492 e. The lowest BCUT2D eigenvalue weighted by Crippen LogP contribution is -2.09. The van der Waals surface area contributed by atoms with Gasteiger partial charge in [-0.3, -0.25) is 0 Å². The van der Waals surface area contributed by atoms with E-state index in [4.69, 9.17) is 10.5 Å². The van der Waals surface area contributed by atoms with Crippen molar-refractivity contribution >= 4 is 10.9 Å². The lowest BCUT2D eigenvalue weighted by atomic mass is 10.2. The summed E-state index contributed by atoms with van der Waals surface area (Å²) in [5.74, 6) is 0.890. The van der Waals surface area contributed by atoms with E-state index in [1.54, 1.807) is 0 Å². The van der Waals surface area contributed by atoms with E-state index in [-0.39, 0.29) is 0 Å². The van der Waals surface area contributed by atoms with Crippen LogP contribution in [0.5, 0.6) is 5.75 Å². The van der Waals surface area contributed by atoms with Crippen LogP contribution in [0.3, 0.4) is 0 Å². The first-order valence-electron chi connectivity index (χ1n) is 7.24. The van der Waals surface area contributed by atoms with E-state index in [9.17, 15) is 0 Å². The minimum atomic E-state index is 0.564. The summed E-state index contributed by atoms with van der Waals surface area (Å²) in [5.41, 5.74) is 9.23. The standard InChI is InChI=1S/C18H20N2O/c1-14-12-16-4-2-3-5-18(16)20(14)10-11-21-17-8-6-15(13-19)7-9-17/h2-9,12H,10-11,13,19H2,1H3. The second-order valence-corrected chi connectivity index (χ2v) is 5.19. The molecule has 0 aliphatic rings. The van der Waals surface area contributed by atoms with Crippen LogP contribution in [0.25, 0.3) is 10.9 Å². The molecule has 0 spiro atoms. The summed E-state index contributed by atoms with van der Waals surface area (Å²) in [6.07, 6.45) is 0. The van der Waals surface area contributed by atoms with Crippen molar-refractivity contribution in [1.29, 1.82) is 0 Å². The van der Waals surface area contributed by atoms with Crippen LogP contribution in [-0.4, -0.2) is 11.2 Å². The zero-order valence-electron chi connectivity index (χ0n) is 12.3. The van der Waals surface area contributed by atoms with Crippen molar-refractivity contribution in [2.24, 2.45) is 5.73 Å². The summed E-state index contributed by atoms with van der Waals surface area (Å²) in [6, 6.07) is 18.6. The Morgan fingerprint density at radius 2 is 1.81 bits per heavy atom. The Morgan fingerprint density at radius 1 is 1.05 bits per heavy atom. The summed E-state index contributed by atoms with van der Waals surface area (Å²) < 4.78 is 8.12. The average Bonchev–Trinajstić information content (AvgIpc) is 2.84. The minimum absolute atomic E-state index is 0.564. The molecule has 0 saturated heterocycles. The average molecular weight is 280 g/mol. The van der Waals surface area contributed by atoms with Crippen molar-refractivity contribution < 1.29 is 4.74 Å². The van der Waals surface area contributed by atoms with E-state index in [0.29, 0.717) is 13.2 Å². The Kier molecular flexibility index (Phi) is 3.93. The maximum Gasteiger partial charge on any atom is 0.119 e. The molecular weight excluding hydrogens is 260 g/mol. The van der Waals surface area contributed by atoms with E-state index < -0.39 is 0 Å². The Morgan fingerprint density at radius 3 is 2.57 bits per heavy atom. The first kappa shape index (κ1) is 13.7. The molecule has 0 amide bonds. The van der Waals surface area contributed by atoms with Crippen LogP contribution in [-0.2, 0) is 13.1 Å². The van der Waals surface area contributed by atoms with Crippen LogP contribution in [0.1, 0.15) is 11.3 Å². The monoisotopic (exact) mass is 280 g/mol. The SMILES string of the molecule is Cc1cc2ccccc2n1CCOc1ccc(CN)cc1. The third-order valence-electron chi connectivity index (χ3n) is 3.76. The Bertz CT molecular complexity index is 729. The largest absolute Gasteiger partial charge is 0.492 e. The van der Waals surface area contributed by atoms with Gasteiger partial charge in [0.25, 0.3) is 0 Å². The van der Waals surface area contributed by atoms with Gasteiger partial charge in [0.2, 0.25) is 0 Å². The first-order valence-corrected chi connectivity index (χ1v) is 7.24. The molecule has 0 bridgehead atoms. The predicted molar refractivity (Wildman–Crippen MR) is 86.5 cm³/mol. The summed E-state index contributed by atoms with van der Waals surface area (Å²) in [5, 5.41) is 1.28. The molecule has 108 valence electrons. The molecule has 0 saturated carbocycles. The molecule has 21 heavy (non-hydrogen) atoms. The third kappa shape index (κ3) is 2.93. The summed E-state index contributed by atoms with van der Waals surface area (Å²) in [4.78, 5) is 0. The van der Waals surface area contributed by atoms with Crippen LogP contribution in [0, 0.1) is 6.92 Å². The summed E-state index contributed by atoms with van der Waals surface area (Å²) in [6.45, 7) is 4.20. The highest BCUT2D eigenvalue weighted by Gasteiger charge is 2.04. The molecule has 0 aliphatic carbocycles. The van der Waals surface area contributed by atoms with E-state index in [0.717, 1.165) is 17.9 Å². The number of rotatable bonds is 5. The molecule has 0 atom stereocenters. The maximum absolute atomic E-state index is 5.82. The van der Waals surface area contributed by atoms with Gasteiger partial charge in [-0.25, -0.2) is 0 Å². The summed E-state index contributed by atoms with van der Waals surface area (Å²) >= 11 is 0. The Balaban J connectivity index is 1.67. The van der Waals surface area contributed by atoms with Crippen molar-refractivity contribution in [3.05, 3.63) is 65.9 Å². The highest BCUT2D eigenvalue weighted by atomic mass is 16.5. The lowest BCUT2D eigenvalue weighted by Gasteiger charge is -2.10. The Labute approximate surface area is 125 Å². The van der Waals surface area contributed by atoms with Crippen LogP contribution in [0.4, 0.5) is 0 Å². The molecule has 2 aromatic carbocycles. The van der Waals surface area contributed by atoms with Crippen molar-refractivity contribution in [2.45, 2.75) is 20.0 Å². The molecular formula is C18H20N2O. The second kappa shape index (κ2) is 6.02. The zero-order valence-corrected chi connectivity index (χ0v) is 12.3. The third-order valence-corrected chi connectivity index (χ3v) is 3.76. The number of aromatic nitrogens is 1. The number of ether oxygens (including phenoxy) is 1. The number of hydrogen-bond donors (Lipinski definition) is 1. The van der Waals surface area contributed by atoms with Crippen molar-refractivity contribution in [1.82, 2.24) is 4.57 Å². The smallest absolute Gasteiger partial charge is 0.119 e. The number of benzene rings is 2. The zero-order chi connectivity index (χ0) is 14.7. The molecule has 0 unspecified atom stereocenters. The lowest BCUT2D eigenvalue weighted by molar-refractivity contribution is 0.299. The number of nitrogens with two attached hydrogens (primary N) is 1. The fourth-order valence-corrected chi connectivity index (χ4v) is 2.62. The predicted octanol–water partition coefficient (Wildman–Crippen LogP) is 3.49. The molecule has 1 aromatic heterocycles. The molecule has 3 heteroatoms. The van der Waals surface area contributed by atoms with Gasteiger partial charge in [-0.05, 0) is 42.1 Å². The molecule has 3 aromatic rings. The topological polar surface area (TPSA) is 40.2 Å². The van der Waals surface area contributed by atoms with E-state index in [1.165, 1.54) is 16.6 Å². The molecule has 0 radical (unpaired) electrons. The van der Waals surface area contributed by atoms with Gasteiger partial charge in [0.1, 0.15) is 12.4 Å². The fourth-order valence-electron chi connectivity index (χ4n) is 2.62. The van der Waals surface area contributed by atoms with Crippen LogP contribution >= 0.6 is 0 Å². The maximum atomic E-state index is 5.82. The van der Waals surface area contributed by atoms with E-state index in [1.807, 2.05) is 24.3 Å². The number of aryl methyl sites for hydroxylation is 1. The van der Waals surface area contributed by atoms with Crippen LogP contribution in [0.15, 0.2) is 54.6 Å². The van der Waals surface area contributed by atoms with Crippen LogP contribution < -0.4 is 10.5 Å². The highest BCUT2D eigenvalue weighted by Crippen LogP contribution is 2.19. The second-order valence-electron chi connectivity index (χ2n) is 5.19. The first-order chi connectivity index (χ1) is 10.3.